The number of hydrogen-bond acceptors (Lipinski definition) is 2. The molecule has 1 aliphatic heterocycles. The second kappa shape index (κ2) is 7.09. The molecule has 1 aromatic carbocycles. The van der Waals surface area contributed by atoms with E-state index in [-0.39, 0.29) is 11.9 Å². The van der Waals surface area contributed by atoms with E-state index in [0.29, 0.717) is 11.6 Å². The molecule has 20 heavy (non-hydrogen) atoms. The van der Waals surface area contributed by atoms with Gasteiger partial charge in [-0.1, -0.05) is 30.7 Å². The van der Waals surface area contributed by atoms with E-state index in [1.165, 1.54) is 12.8 Å². The van der Waals surface area contributed by atoms with Gasteiger partial charge in [-0.05, 0) is 56.5 Å². The molecule has 0 aromatic heterocycles. The number of rotatable bonds is 4. The van der Waals surface area contributed by atoms with Crippen molar-refractivity contribution < 1.29 is 4.79 Å². The smallest absolute Gasteiger partial charge is 0.234 e. The lowest BCUT2D eigenvalue weighted by Gasteiger charge is -2.30. The Kier molecular flexibility index (Phi) is 5.44. The number of nitrogens with one attached hydrogen (secondary N) is 1. The predicted molar refractivity (Wildman–Crippen MR) is 82.8 cm³/mol. The van der Waals surface area contributed by atoms with E-state index in [1.807, 2.05) is 31.2 Å². The number of benzene rings is 1. The van der Waals surface area contributed by atoms with Crippen LogP contribution in [0.2, 0.25) is 5.02 Å². The highest BCUT2D eigenvalue weighted by molar-refractivity contribution is 6.30. The first-order chi connectivity index (χ1) is 9.54. The fourth-order valence-corrected chi connectivity index (χ4v) is 2.77. The quantitative estimate of drug-likeness (QED) is 0.924. The van der Waals surface area contributed by atoms with Crippen LogP contribution in [0.1, 0.15) is 38.3 Å². The van der Waals surface area contributed by atoms with Crippen molar-refractivity contribution in [3.05, 3.63) is 34.9 Å². The zero-order valence-electron chi connectivity index (χ0n) is 12.2. The molecule has 0 aliphatic carbocycles. The lowest BCUT2D eigenvalue weighted by atomic mass is 9.99. The summed E-state index contributed by atoms with van der Waals surface area (Å²) in [4.78, 5) is 14.3. The summed E-state index contributed by atoms with van der Waals surface area (Å²) in [6, 6.07) is 7.62. The number of halogens is 1. The predicted octanol–water partition coefficient (Wildman–Crippen LogP) is 3.25. The van der Waals surface area contributed by atoms with Gasteiger partial charge in [0.05, 0.1) is 12.6 Å². The van der Waals surface area contributed by atoms with Crippen LogP contribution < -0.4 is 5.32 Å². The summed E-state index contributed by atoms with van der Waals surface area (Å²) in [7, 11) is 0. The number of likely N-dealkylation sites (tertiary alicyclic amines) is 1. The van der Waals surface area contributed by atoms with E-state index in [0.717, 1.165) is 24.6 Å². The monoisotopic (exact) mass is 294 g/mol. The molecule has 3 nitrogen and oxygen atoms in total. The van der Waals surface area contributed by atoms with Crippen molar-refractivity contribution >= 4 is 17.5 Å². The van der Waals surface area contributed by atoms with Gasteiger partial charge in [0.1, 0.15) is 0 Å². The Morgan fingerprint density at radius 2 is 2.15 bits per heavy atom. The Labute approximate surface area is 126 Å². The third kappa shape index (κ3) is 4.50. The van der Waals surface area contributed by atoms with Gasteiger partial charge >= 0.3 is 0 Å². The minimum Gasteiger partial charge on any atom is -0.348 e. The molecule has 1 atom stereocenters. The van der Waals surface area contributed by atoms with Gasteiger partial charge < -0.3 is 5.32 Å². The molecule has 1 fully saturated rings. The second-order valence-electron chi connectivity index (χ2n) is 5.80. The molecule has 1 N–H and O–H groups in total. The van der Waals surface area contributed by atoms with Gasteiger partial charge in [0.15, 0.2) is 0 Å². The molecule has 1 aliphatic rings. The van der Waals surface area contributed by atoms with E-state index in [9.17, 15) is 4.79 Å². The maximum Gasteiger partial charge on any atom is 0.234 e. The van der Waals surface area contributed by atoms with Gasteiger partial charge in [0, 0.05) is 5.02 Å². The standard InChI is InChI=1S/C16H23ClN2O/c1-12-6-8-19(9-7-12)11-16(20)18-13(2)14-4-3-5-15(17)10-14/h3-5,10,12-13H,6-9,11H2,1-2H3,(H,18,20)/t13-/m1/s1. The summed E-state index contributed by atoms with van der Waals surface area (Å²) >= 11 is 5.97. The summed E-state index contributed by atoms with van der Waals surface area (Å²) in [6.45, 7) is 6.82. The maximum absolute atomic E-state index is 12.1. The lowest BCUT2D eigenvalue weighted by Crippen LogP contribution is -2.41. The Morgan fingerprint density at radius 1 is 1.45 bits per heavy atom. The second-order valence-corrected chi connectivity index (χ2v) is 6.24. The van der Waals surface area contributed by atoms with E-state index in [4.69, 9.17) is 11.6 Å². The van der Waals surface area contributed by atoms with Crippen molar-refractivity contribution in [2.24, 2.45) is 5.92 Å². The van der Waals surface area contributed by atoms with Crippen molar-refractivity contribution in [2.75, 3.05) is 19.6 Å². The van der Waals surface area contributed by atoms with Crippen LogP contribution in [0, 0.1) is 5.92 Å². The molecule has 1 amide bonds. The van der Waals surface area contributed by atoms with E-state index < -0.39 is 0 Å². The summed E-state index contributed by atoms with van der Waals surface area (Å²) in [6.07, 6.45) is 2.38. The molecule has 110 valence electrons. The number of carbonyl (C=O) groups excluding carboxylic acids is 1. The van der Waals surface area contributed by atoms with Crippen molar-refractivity contribution in [3.63, 3.8) is 0 Å². The normalized spacial score (nSPS) is 18.8. The summed E-state index contributed by atoms with van der Waals surface area (Å²) < 4.78 is 0. The molecule has 2 rings (SSSR count). The first-order valence-corrected chi connectivity index (χ1v) is 7.69. The minimum atomic E-state index is -0.00934. The average molecular weight is 295 g/mol. The SMILES string of the molecule is CC1CCN(CC(=O)N[C@H](C)c2cccc(Cl)c2)CC1. The van der Waals surface area contributed by atoms with Crippen molar-refractivity contribution in [3.8, 4) is 0 Å². The largest absolute Gasteiger partial charge is 0.348 e. The van der Waals surface area contributed by atoms with E-state index in [2.05, 4.69) is 17.1 Å². The van der Waals surface area contributed by atoms with Crippen molar-refractivity contribution in [1.82, 2.24) is 10.2 Å². The Balaban J connectivity index is 1.82. The molecule has 1 heterocycles. The summed E-state index contributed by atoms with van der Waals surface area (Å²) in [5, 5.41) is 3.75. The highest BCUT2D eigenvalue weighted by Crippen LogP contribution is 2.18. The molecule has 0 spiro atoms. The average Bonchev–Trinajstić information content (AvgIpc) is 2.41. The third-order valence-electron chi connectivity index (χ3n) is 3.97. The van der Waals surface area contributed by atoms with E-state index >= 15 is 0 Å². The van der Waals surface area contributed by atoms with Gasteiger partial charge in [-0.25, -0.2) is 0 Å². The Morgan fingerprint density at radius 3 is 2.80 bits per heavy atom. The van der Waals surface area contributed by atoms with Crippen LogP contribution in [0.15, 0.2) is 24.3 Å². The number of carbonyl (C=O) groups is 1. The molecule has 0 unspecified atom stereocenters. The summed E-state index contributed by atoms with van der Waals surface area (Å²) in [5.41, 5.74) is 1.04. The molecule has 1 aromatic rings. The van der Waals surface area contributed by atoms with Crippen LogP contribution in [-0.4, -0.2) is 30.4 Å². The molecule has 0 bridgehead atoms. The highest BCUT2D eigenvalue weighted by atomic mass is 35.5. The van der Waals surface area contributed by atoms with Gasteiger partial charge in [0.25, 0.3) is 0 Å². The lowest BCUT2D eigenvalue weighted by molar-refractivity contribution is -0.123. The zero-order valence-corrected chi connectivity index (χ0v) is 13.0. The summed E-state index contributed by atoms with van der Waals surface area (Å²) in [5.74, 6) is 0.881. The molecular weight excluding hydrogens is 272 g/mol. The van der Waals surface area contributed by atoms with Crippen molar-refractivity contribution in [2.45, 2.75) is 32.7 Å². The Hall–Kier alpha value is -1.06. The molecule has 1 saturated heterocycles. The molecular formula is C16H23ClN2O. The minimum absolute atomic E-state index is 0.00934. The molecule has 4 heteroatoms. The first-order valence-electron chi connectivity index (χ1n) is 7.32. The van der Waals surface area contributed by atoms with Gasteiger partial charge in [-0.15, -0.1) is 0 Å². The van der Waals surface area contributed by atoms with Crippen LogP contribution >= 0.6 is 11.6 Å². The Bertz CT molecular complexity index is 456. The number of piperidine rings is 1. The molecule has 0 radical (unpaired) electrons. The van der Waals surface area contributed by atoms with Crippen LogP contribution in [0.4, 0.5) is 0 Å². The van der Waals surface area contributed by atoms with Crippen LogP contribution in [-0.2, 0) is 4.79 Å². The fraction of sp³-hybridized carbons (Fsp3) is 0.562. The number of nitrogens with zero attached hydrogens (tertiary/aromatic N) is 1. The number of amides is 1. The first kappa shape index (κ1) is 15.3. The van der Waals surface area contributed by atoms with Crippen LogP contribution in [0.5, 0.6) is 0 Å². The van der Waals surface area contributed by atoms with Crippen LogP contribution in [0.3, 0.4) is 0 Å². The molecule has 0 saturated carbocycles. The van der Waals surface area contributed by atoms with Crippen LogP contribution in [0.25, 0.3) is 0 Å². The van der Waals surface area contributed by atoms with Crippen molar-refractivity contribution in [1.29, 1.82) is 0 Å². The van der Waals surface area contributed by atoms with Gasteiger partial charge in [-0.2, -0.15) is 0 Å². The zero-order chi connectivity index (χ0) is 14.5. The number of hydrogen-bond donors (Lipinski definition) is 1. The third-order valence-corrected chi connectivity index (χ3v) is 4.20. The van der Waals surface area contributed by atoms with Gasteiger partial charge in [0.2, 0.25) is 5.91 Å². The highest BCUT2D eigenvalue weighted by Gasteiger charge is 2.18. The van der Waals surface area contributed by atoms with E-state index in [1.54, 1.807) is 0 Å². The maximum atomic E-state index is 12.1. The fourth-order valence-electron chi connectivity index (χ4n) is 2.57. The van der Waals surface area contributed by atoms with Gasteiger partial charge in [-0.3, -0.25) is 9.69 Å². The topological polar surface area (TPSA) is 32.3 Å².